The molecule has 0 bridgehead atoms. The van der Waals surface area contributed by atoms with E-state index in [2.05, 4.69) is 0 Å². The van der Waals surface area contributed by atoms with Gasteiger partial charge in [0, 0.05) is 23.3 Å². The van der Waals surface area contributed by atoms with Crippen LogP contribution in [0.2, 0.25) is 9.62 Å². The number of hydrogen-bond donors (Lipinski definition) is 0. The average molecular weight is 374 g/mol. The van der Waals surface area contributed by atoms with Gasteiger partial charge in [0.15, 0.2) is 0 Å². The Morgan fingerprint density at radius 3 is 1.33 bits per heavy atom. The summed E-state index contributed by atoms with van der Waals surface area (Å²) in [5.74, 6) is 0. The molecule has 0 spiro atoms. The third-order valence-electron chi connectivity index (χ3n) is 0.158. The molecule has 5 heteroatoms. The standard InChI is InChI=1S/C2H6OS.C2H4.2ClH.Pt/c1-4(2)3;1-2;;;/h1-2H3;1-2H2;2*1H;. The second-order valence-electron chi connectivity index (χ2n) is 1.22. The van der Waals surface area contributed by atoms with Gasteiger partial charge in [-0.3, -0.25) is 4.21 Å². The Labute approximate surface area is 80.2 Å². The molecule has 0 N–H and O–H groups in total. The van der Waals surface area contributed by atoms with Crippen molar-refractivity contribution in [3.05, 3.63) is 0 Å². The van der Waals surface area contributed by atoms with E-state index in [0.29, 0.717) is 0 Å². The topological polar surface area (TPSA) is 17.1 Å². The second kappa shape index (κ2) is 12.1. The van der Waals surface area contributed by atoms with Crippen LogP contribution in [0.5, 0.6) is 0 Å². The summed E-state index contributed by atoms with van der Waals surface area (Å²) in [7, 11) is -0.611. The van der Waals surface area contributed by atoms with Gasteiger partial charge in [0.1, 0.15) is 0 Å². The van der Waals surface area contributed by atoms with Crippen LogP contribution in [-0.4, -0.2) is 16.7 Å². The minimum atomic E-state index is -0.611. The van der Waals surface area contributed by atoms with E-state index in [1.54, 1.807) is 22.1 Å². The monoisotopic (exact) mass is 373 g/mol. The van der Waals surface area contributed by atoms with Gasteiger partial charge in [-0.25, -0.2) is 0 Å². The quantitative estimate of drug-likeness (QED) is 0.632. The molecule has 0 aromatic carbocycles. The Hall–Kier alpha value is 1.42. The fraction of sp³-hybridized carbons (Fsp3) is 1.00. The molecule has 0 unspecified atom stereocenters. The first-order valence-corrected chi connectivity index (χ1v) is 7.11. The molecule has 1 nitrogen and oxygen atoms in total. The molecule has 0 atom stereocenters. The van der Waals surface area contributed by atoms with Gasteiger partial charge in [-0.2, -0.15) is 0 Å². The summed E-state index contributed by atoms with van der Waals surface area (Å²) in [6.45, 7) is 0. The first-order chi connectivity index (χ1) is 3.23. The van der Waals surface area contributed by atoms with Crippen LogP contribution in [0.3, 0.4) is 0 Å². The van der Waals surface area contributed by atoms with Crippen LogP contribution in [-0.2, 0) is 29.4 Å². The van der Waals surface area contributed by atoms with E-state index in [0.717, 1.165) is 18.6 Å². The summed E-state index contributed by atoms with van der Waals surface area (Å²) in [5.41, 5.74) is 0. The van der Waals surface area contributed by atoms with Gasteiger partial charge in [0.05, 0.1) is 0 Å². The average Bonchev–Trinajstić information content (AvgIpc) is 2.02. The summed E-state index contributed by atoms with van der Waals surface area (Å²) < 4.78 is 9.56. The Morgan fingerprint density at radius 1 is 1.22 bits per heavy atom. The van der Waals surface area contributed by atoms with E-state index in [1.807, 2.05) is 0 Å². The molecule has 0 saturated carbocycles. The molecule has 1 aliphatic heterocycles. The molecule has 9 heavy (non-hydrogen) atoms. The Bertz CT molecular complexity index is 62.8. The molecule has 1 saturated heterocycles. The molecular weight excluding hydrogens is 362 g/mol. The van der Waals surface area contributed by atoms with E-state index in [-0.39, 0.29) is 24.8 Å². The number of rotatable bonds is 0. The third kappa shape index (κ3) is 88.6. The zero-order valence-corrected chi connectivity index (χ0v) is 10.1. The Morgan fingerprint density at radius 2 is 1.33 bits per heavy atom. The molecule has 1 rings (SSSR count). The summed E-state index contributed by atoms with van der Waals surface area (Å²) in [6, 6.07) is 0. The molecular formula is C4H12Cl2OPtS. The van der Waals surface area contributed by atoms with Crippen molar-refractivity contribution in [3.8, 4) is 0 Å². The number of hydrogen-bond acceptors (Lipinski definition) is 1. The molecule has 0 radical (unpaired) electrons. The Kier molecular flexibility index (Phi) is 22.6. The van der Waals surface area contributed by atoms with E-state index < -0.39 is 10.8 Å². The van der Waals surface area contributed by atoms with E-state index in [1.165, 1.54) is 0 Å². The van der Waals surface area contributed by atoms with Gasteiger partial charge in [-0.1, -0.05) is 0 Å². The van der Waals surface area contributed by atoms with Crippen molar-refractivity contribution in [3.63, 3.8) is 0 Å². The van der Waals surface area contributed by atoms with Crippen LogP contribution >= 0.6 is 24.8 Å². The maximum atomic E-state index is 9.56. The van der Waals surface area contributed by atoms with E-state index >= 15 is 0 Å². The molecule has 0 aromatic rings. The first-order valence-electron chi connectivity index (χ1n) is 1.93. The zero-order chi connectivity index (χ0) is 5.70. The van der Waals surface area contributed by atoms with E-state index in [9.17, 15) is 4.21 Å². The molecule has 0 aromatic heterocycles. The first kappa shape index (κ1) is 16.8. The molecule has 64 valence electrons. The fourth-order valence-electron chi connectivity index (χ4n) is 0. The molecule has 1 heterocycles. The Balaban J connectivity index is -0.0000000660. The number of halogens is 2. The molecule has 1 fully saturated rings. The van der Waals surface area contributed by atoms with Gasteiger partial charge in [-0.05, 0) is 0 Å². The van der Waals surface area contributed by atoms with Crippen LogP contribution in [0.15, 0.2) is 0 Å². The normalized spacial score (nSPS) is 12.8. The van der Waals surface area contributed by atoms with Crippen molar-refractivity contribution >= 4 is 35.6 Å². The zero-order valence-electron chi connectivity index (χ0n) is 5.36. The molecule has 1 aliphatic rings. The van der Waals surface area contributed by atoms with Gasteiger partial charge >= 0.3 is 28.2 Å². The predicted octanol–water partition coefficient (Wildman–Crippen LogP) is 1.76. The van der Waals surface area contributed by atoms with Crippen molar-refractivity contribution < 1.29 is 22.8 Å². The van der Waals surface area contributed by atoms with Gasteiger partial charge in [0.2, 0.25) is 0 Å². The maximum absolute atomic E-state index is 9.56. The van der Waals surface area contributed by atoms with Gasteiger partial charge in [-0.15, -0.1) is 24.8 Å². The van der Waals surface area contributed by atoms with E-state index in [4.69, 9.17) is 0 Å². The molecule has 0 aliphatic carbocycles. The van der Waals surface area contributed by atoms with Gasteiger partial charge < -0.3 is 0 Å². The van der Waals surface area contributed by atoms with Crippen LogP contribution in [0.1, 0.15) is 0 Å². The second-order valence-corrected chi connectivity index (χ2v) is 6.11. The summed E-state index contributed by atoms with van der Waals surface area (Å²) in [5, 5.41) is 0. The van der Waals surface area contributed by atoms with Crippen molar-refractivity contribution in [2.24, 2.45) is 0 Å². The van der Waals surface area contributed by atoms with Crippen LogP contribution in [0, 0.1) is 0 Å². The van der Waals surface area contributed by atoms with Crippen LogP contribution in [0.4, 0.5) is 0 Å². The van der Waals surface area contributed by atoms with Crippen molar-refractivity contribution in [2.45, 2.75) is 9.62 Å². The third-order valence-corrected chi connectivity index (χ3v) is 1.29. The fourth-order valence-corrected chi connectivity index (χ4v) is 0. The summed E-state index contributed by atoms with van der Waals surface area (Å²) in [6.07, 6.45) is 3.28. The predicted molar refractivity (Wildman–Crippen MR) is 44.1 cm³/mol. The van der Waals surface area contributed by atoms with Crippen molar-refractivity contribution in [2.75, 3.05) is 12.5 Å². The van der Waals surface area contributed by atoms with Crippen LogP contribution in [0.25, 0.3) is 0 Å². The van der Waals surface area contributed by atoms with Crippen molar-refractivity contribution in [1.29, 1.82) is 0 Å². The summed E-state index contributed by atoms with van der Waals surface area (Å²) in [4.78, 5) is 3.22. The van der Waals surface area contributed by atoms with Gasteiger partial charge in [0.25, 0.3) is 0 Å². The molecule has 0 amide bonds. The van der Waals surface area contributed by atoms with Crippen molar-refractivity contribution in [1.82, 2.24) is 0 Å². The SMILES string of the molecule is CS(C)=O.Cl.Cl.[CH2]1[CH2][Pt]1. The van der Waals surface area contributed by atoms with Crippen LogP contribution < -0.4 is 0 Å². The summed E-state index contributed by atoms with van der Waals surface area (Å²) >= 11 is 0.833. The minimum absolute atomic E-state index is 0.